The summed E-state index contributed by atoms with van der Waals surface area (Å²) < 4.78 is 54.1. The minimum Gasteiger partial charge on any atom is -0.504 e. The van der Waals surface area contributed by atoms with Crippen LogP contribution in [0.3, 0.4) is 0 Å². The Morgan fingerprint density at radius 2 is 1.23 bits per heavy atom. The first-order chi connectivity index (χ1) is 42.0. The largest absolute Gasteiger partial charge is 0.504 e. The number of aromatic amines is 2. The molecule has 0 radical (unpaired) electrons. The predicted octanol–water partition coefficient (Wildman–Crippen LogP) is 8.71. The van der Waals surface area contributed by atoms with Gasteiger partial charge in [0.2, 0.25) is 5.82 Å². The number of carbonyl (C=O) groups is 4. The summed E-state index contributed by atoms with van der Waals surface area (Å²) in [5, 5.41) is 56.6. The third kappa shape index (κ3) is 19.9. The van der Waals surface area contributed by atoms with E-state index in [-0.39, 0.29) is 54.0 Å². The monoisotopic (exact) mass is 1230 g/mol. The number of carboxylic acids is 1. The molecule has 3 aromatic heterocycles. The molecule has 8 aromatic rings. The molecule has 0 aliphatic rings. The number of pyridine rings is 1. The lowest BCUT2D eigenvalue weighted by Gasteiger charge is -2.27. The highest BCUT2D eigenvalue weighted by molar-refractivity contribution is 6.31. The number of ether oxygens (including phenoxy) is 8. The molecule has 0 aliphatic heterocycles. The van der Waals surface area contributed by atoms with Gasteiger partial charge in [0.1, 0.15) is 17.2 Å². The summed E-state index contributed by atoms with van der Waals surface area (Å²) >= 11 is 6.00. The number of H-pyrrole nitrogens is 2. The van der Waals surface area contributed by atoms with Crippen LogP contribution in [-0.2, 0) is 40.1 Å². The molecule has 5 aromatic carbocycles. The SMILES string of the molecule is COC(=O)c1ccc(O)c(OC)c1.COc1cc(C(=O)CCC(C)(O)c2cc(C(C)(C)N)cc(-c3ccc(F)c(Cl)c3)n2)ccc1OCc1nn[nH]n1.COc1cc(C(=O)O)ccc1CCCc1nn[nH]n1.[C-]#[N+]COc1ccc(C(=O)OC)cc1OC. The van der Waals surface area contributed by atoms with Gasteiger partial charge in [0.15, 0.2) is 52.7 Å². The summed E-state index contributed by atoms with van der Waals surface area (Å²) in [6.45, 7) is 11.8. The topological polar surface area (TPSA) is 355 Å². The quantitative estimate of drug-likeness (QED) is 0.0198. The first-order valence-corrected chi connectivity index (χ1v) is 26.7. The number of aryl methyl sites for hydroxylation is 2. The van der Waals surface area contributed by atoms with Crippen molar-refractivity contribution in [1.29, 1.82) is 0 Å². The number of aromatic carboxylic acids is 1. The molecule has 8 rings (SSSR count). The number of tetrazole rings is 2. The van der Waals surface area contributed by atoms with Crippen LogP contribution in [-0.4, -0.2) is 135 Å². The number of aliphatic hydroxyl groups is 1. The van der Waals surface area contributed by atoms with E-state index >= 15 is 0 Å². The van der Waals surface area contributed by atoms with Gasteiger partial charge in [0, 0.05) is 29.5 Å². The summed E-state index contributed by atoms with van der Waals surface area (Å²) in [5.41, 5.74) is 8.51. The number of aromatic nitrogens is 9. The molecule has 0 aliphatic carbocycles. The van der Waals surface area contributed by atoms with Crippen LogP contribution in [0, 0.1) is 12.4 Å². The lowest BCUT2D eigenvalue weighted by Crippen LogP contribution is -2.31. The van der Waals surface area contributed by atoms with Gasteiger partial charge in [-0.05, 0) is 148 Å². The summed E-state index contributed by atoms with van der Waals surface area (Å²) in [7, 11) is 8.47. The molecule has 0 spiro atoms. The summed E-state index contributed by atoms with van der Waals surface area (Å²) in [6.07, 6.45) is 2.41. The normalized spacial score (nSPS) is 11.2. The first kappa shape index (κ1) is 68.5. The number of hydrogen-bond donors (Lipinski definition) is 6. The zero-order valence-electron chi connectivity index (χ0n) is 49.4. The molecule has 1 atom stereocenters. The van der Waals surface area contributed by atoms with Crippen LogP contribution >= 0.6 is 11.6 Å². The van der Waals surface area contributed by atoms with Gasteiger partial charge in [-0.2, -0.15) is 10.4 Å². The van der Waals surface area contributed by atoms with Crippen LogP contribution in [0.5, 0.6) is 40.2 Å². The lowest BCUT2D eigenvalue weighted by molar-refractivity contribution is 0.0396. The van der Waals surface area contributed by atoms with Gasteiger partial charge in [-0.3, -0.25) is 9.64 Å². The number of nitrogens with one attached hydrogen (secondary N) is 2. The molecule has 28 heteroatoms. The van der Waals surface area contributed by atoms with Gasteiger partial charge in [-0.25, -0.2) is 30.3 Å². The number of carboxylic acid groups (broad SMARTS) is 1. The molecular weight excluding hydrogens is 1170 g/mol. The average Bonchev–Trinajstić information content (AvgIpc) is 1.38. The molecule has 0 saturated carbocycles. The van der Waals surface area contributed by atoms with Crippen molar-refractivity contribution in [2.24, 2.45) is 5.73 Å². The zero-order chi connectivity index (χ0) is 64.6. The van der Waals surface area contributed by atoms with E-state index in [9.17, 15) is 33.8 Å². The van der Waals surface area contributed by atoms with E-state index in [2.05, 4.69) is 60.6 Å². The number of halogens is 2. The van der Waals surface area contributed by atoms with E-state index in [0.29, 0.717) is 86.0 Å². The number of nitrogens with two attached hydrogens (primary N) is 1. The number of ketones is 1. The van der Waals surface area contributed by atoms with Crippen LogP contribution in [0.15, 0.2) is 103 Å². The molecule has 0 saturated heterocycles. The predicted molar refractivity (Wildman–Crippen MR) is 315 cm³/mol. The number of methoxy groups -OCH3 is 6. The van der Waals surface area contributed by atoms with Crippen LogP contribution in [0.1, 0.15) is 110 Å². The van der Waals surface area contributed by atoms with E-state index < -0.39 is 34.9 Å². The van der Waals surface area contributed by atoms with Gasteiger partial charge < -0.3 is 58.9 Å². The Morgan fingerprint density at radius 1 is 0.670 bits per heavy atom. The van der Waals surface area contributed by atoms with Crippen molar-refractivity contribution in [1.82, 2.24) is 46.2 Å². The lowest BCUT2D eigenvalue weighted by atomic mass is 9.88. The van der Waals surface area contributed by atoms with Gasteiger partial charge in [0.25, 0.3) is 0 Å². The Labute approximate surface area is 509 Å². The summed E-state index contributed by atoms with van der Waals surface area (Å²) in [4.78, 5) is 53.9. The minimum absolute atomic E-state index is 0.00449. The number of carbonyl (C=O) groups excluding carboxylic acids is 3. The smallest absolute Gasteiger partial charge is 0.357 e. The number of esters is 2. The van der Waals surface area contributed by atoms with Gasteiger partial charge in [-0.1, -0.05) is 28.1 Å². The number of rotatable bonds is 23. The van der Waals surface area contributed by atoms with Crippen LogP contribution in [0.25, 0.3) is 16.1 Å². The maximum absolute atomic E-state index is 13.8. The van der Waals surface area contributed by atoms with Crippen molar-refractivity contribution in [3.8, 4) is 51.5 Å². The van der Waals surface area contributed by atoms with E-state index in [1.165, 1.54) is 85.1 Å². The third-order valence-corrected chi connectivity index (χ3v) is 12.9. The molecule has 7 N–H and O–H groups in total. The van der Waals surface area contributed by atoms with Crippen molar-refractivity contribution < 1.29 is 76.8 Å². The Balaban J connectivity index is 0.000000242. The van der Waals surface area contributed by atoms with Crippen LogP contribution in [0.4, 0.5) is 4.39 Å². The highest BCUT2D eigenvalue weighted by Gasteiger charge is 2.30. The fourth-order valence-corrected chi connectivity index (χ4v) is 8.00. The van der Waals surface area contributed by atoms with Crippen molar-refractivity contribution in [2.45, 2.75) is 70.6 Å². The second-order valence-electron chi connectivity index (χ2n) is 19.3. The average molecular weight is 1230 g/mol. The molecule has 464 valence electrons. The van der Waals surface area contributed by atoms with Gasteiger partial charge in [-0.15, -0.1) is 20.4 Å². The summed E-state index contributed by atoms with van der Waals surface area (Å²) in [5.74, 6) is 0.845. The number of benzene rings is 5. The first-order valence-electron chi connectivity index (χ1n) is 26.4. The van der Waals surface area contributed by atoms with Gasteiger partial charge in [0.05, 0.1) is 75.8 Å². The third-order valence-electron chi connectivity index (χ3n) is 12.6. The fraction of sp³-hybridized carbons (Fsp3) is 0.300. The Bertz CT molecular complexity index is 3670. The molecule has 1 unspecified atom stereocenters. The second kappa shape index (κ2) is 32.8. The second-order valence-corrected chi connectivity index (χ2v) is 19.7. The van der Waals surface area contributed by atoms with Crippen LogP contribution in [0.2, 0.25) is 5.02 Å². The van der Waals surface area contributed by atoms with Crippen molar-refractivity contribution in [3.63, 3.8) is 0 Å². The van der Waals surface area contributed by atoms with Crippen molar-refractivity contribution >= 4 is 35.3 Å². The standard InChI is InChI=1S/C28H30ClFN6O4.C12H14N4O3.C11H11NO4.C9H10O4/c1-27(2,31)18-13-21(16-5-7-20(30)19(29)11-16)32-25(14-18)28(3,38)10-9-22(37)17-6-8-23(24(12-17)39-4)40-15-26-33-35-36-34-26;1-19-10-7-9(12(17)18)6-5-8(10)3-2-4-11-13-15-16-14-11;1-12-7-16-9-5-4-8(11(13)15-3)6-10(9)14-2;1-12-8-5-6(9(11)13-2)3-4-7(8)10/h5-8,11-14,38H,9-10,15,31H2,1-4H3,(H,33,34,35,36);5-7H,2-4H2,1H3,(H,17,18)(H,13,14,15,16);4-6H,7H2,2-3H3;3-5,10H,1-2H3. The number of nitrogens with zero attached hydrogens (tertiary/aromatic N) is 8. The van der Waals surface area contributed by atoms with Crippen LogP contribution < -0.4 is 34.2 Å². The Morgan fingerprint density at radius 3 is 1.78 bits per heavy atom. The summed E-state index contributed by atoms with van der Waals surface area (Å²) in [6, 6.07) is 26.4. The minimum atomic E-state index is -1.48. The fourth-order valence-electron chi connectivity index (χ4n) is 7.82. The van der Waals surface area contributed by atoms with E-state index in [1.54, 1.807) is 67.6 Å². The molecule has 0 fully saturated rings. The molecule has 3 heterocycles. The number of hydrogen-bond acceptors (Lipinski definition) is 22. The Hall–Kier alpha value is -10.3. The number of phenolic OH excluding ortho intramolecular Hbond substituents is 1. The Kier molecular flexibility index (Phi) is 25.6. The van der Waals surface area contributed by atoms with E-state index in [1.807, 2.05) is 13.8 Å². The number of Topliss-reactive ketones (excluding diaryl/α,β-unsaturated/α-hetero) is 1. The highest BCUT2D eigenvalue weighted by Crippen LogP contribution is 2.35. The highest BCUT2D eigenvalue weighted by atomic mass is 35.5. The number of aromatic hydroxyl groups is 1. The molecule has 0 bridgehead atoms. The number of phenols is 1. The van der Waals surface area contributed by atoms with Crippen molar-refractivity contribution in [3.05, 3.63) is 176 Å². The van der Waals surface area contributed by atoms with Gasteiger partial charge >= 0.3 is 24.6 Å². The molecular formula is C60H65ClFN11O15. The molecule has 88 heavy (non-hydrogen) atoms. The van der Waals surface area contributed by atoms with Crippen molar-refractivity contribution in [2.75, 3.05) is 49.4 Å². The maximum Gasteiger partial charge on any atom is 0.357 e. The van der Waals surface area contributed by atoms with E-state index in [4.69, 9.17) is 57.4 Å². The molecule has 0 amide bonds. The van der Waals surface area contributed by atoms with E-state index in [0.717, 1.165) is 18.4 Å². The maximum atomic E-state index is 13.8. The molecule has 26 nitrogen and oxygen atoms in total. The zero-order valence-corrected chi connectivity index (χ0v) is 50.2.